The number of carbonyl (C=O) groups is 2. The highest BCUT2D eigenvalue weighted by molar-refractivity contribution is 6.42. The molecule has 2 aliphatic rings. The molecule has 1 N–H and O–H groups in total. The van der Waals surface area contributed by atoms with Gasteiger partial charge in [-0.1, -0.05) is 29.1 Å². The van der Waals surface area contributed by atoms with Gasteiger partial charge in [0.05, 0.1) is 34.0 Å². The average molecular weight is 564 g/mol. The molecular formula is C29H27Cl2N5O3. The number of hydrogen-bond donors (Lipinski definition) is 1. The van der Waals surface area contributed by atoms with E-state index in [1.807, 2.05) is 11.8 Å². The molecule has 1 saturated heterocycles. The van der Waals surface area contributed by atoms with Gasteiger partial charge in [-0.15, -0.1) is 6.42 Å². The molecular weight excluding hydrogens is 537 g/mol. The highest BCUT2D eigenvalue weighted by Gasteiger charge is 2.34. The lowest BCUT2D eigenvalue weighted by atomic mass is 9.98. The van der Waals surface area contributed by atoms with Crippen LogP contribution in [0.2, 0.25) is 10.0 Å². The molecule has 2 amide bonds. The Labute approximate surface area is 236 Å². The number of aromatic nitrogens is 2. The van der Waals surface area contributed by atoms with Crippen LogP contribution in [-0.2, 0) is 13.0 Å². The van der Waals surface area contributed by atoms with Gasteiger partial charge in [0.1, 0.15) is 0 Å². The van der Waals surface area contributed by atoms with Crippen LogP contribution in [0.5, 0.6) is 0 Å². The minimum Gasteiger partial charge on any atom is -0.355 e. The Balaban J connectivity index is 1.60. The Hall–Kier alpha value is -3.80. The summed E-state index contributed by atoms with van der Waals surface area (Å²) in [6, 6.07) is 11.1. The van der Waals surface area contributed by atoms with Gasteiger partial charge in [0, 0.05) is 36.3 Å². The number of amides is 2. The van der Waals surface area contributed by atoms with E-state index < -0.39 is 0 Å². The molecule has 0 saturated carbocycles. The summed E-state index contributed by atoms with van der Waals surface area (Å²) in [5.74, 6) is 2.82. The van der Waals surface area contributed by atoms with Crippen LogP contribution in [0.3, 0.4) is 0 Å². The van der Waals surface area contributed by atoms with E-state index in [9.17, 15) is 14.4 Å². The lowest BCUT2D eigenvalue weighted by Crippen LogP contribution is -2.47. The fraction of sp³-hybridized carbons (Fsp3) is 0.310. The van der Waals surface area contributed by atoms with Gasteiger partial charge < -0.3 is 15.1 Å². The largest absolute Gasteiger partial charge is 0.355 e. The van der Waals surface area contributed by atoms with Gasteiger partial charge in [0.2, 0.25) is 5.95 Å². The van der Waals surface area contributed by atoms with Crippen molar-refractivity contribution in [1.29, 1.82) is 0 Å². The molecule has 0 unspecified atom stereocenters. The van der Waals surface area contributed by atoms with Crippen LogP contribution in [0.4, 0.5) is 5.95 Å². The molecule has 8 nitrogen and oxygen atoms in total. The molecule has 39 heavy (non-hydrogen) atoms. The first-order valence-electron chi connectivity index (χ1n) is 12.7. The first-order valence-corrected chi connectivity index (χ1v) is 13.4. The fourth-order valence-corrected chi connectivity index (χ4v) is 5.52. The third-order valence-electron chi connectivity index (χ3n) is 7.34. The van der Waals surface area contributed by atoms with Crippen LogP contribution < -0.4 is 15.8 Å². The standard InChI is InChI=1S/C29H27Cl2N5O3/c1-4-20-6-5-13-34(20)29-33-25-16-35(27(38)19-9-12-23(30)24(31)15-19)17(2)14-22(25)28(39)36(29)21-10-7-18(8-11-21)26(37)32-3/h1,7-12,15,17,20H,5-6,13-14,16H2,2-3H3,(H,32,37)/t17-,20+/m1/s1. The topological polar surface area (TPSA) is 87.5 Å². The van der Waals surface area contributed by atoms with E-state index in [4.69, 9.17) is 34.6 Å². The second-order valence-electron chi connectivity index (χ2n) is 9.74. The van der Waals surface area contributed by atoms with E-state index in [-0.39, 0.29) is 36.0 Å². The molecule has 200 valence electrons. The van der Waals surface area contributed by atoms with E-state index in [1.54, 1.807) is 59.0 Å². The SMILES string of the molecule is C#C[C@H]1CCCN1c1nc2c(c(=O)n1-c1ccc(C(=O)NC)cc1)C[C@@H](C)N(C(=O)c1ccc(Cl)c(Cl)c1)C2. The lowest BCUT2D eigenvalue weighted by molar-refractivity contribution is 0.0653. The number of nitrogens with one attached hydrogen (secondary N) is 1. The highest BCUT2D eigenvalue weighted by atomic mass is 35.5. The third-order valence-corrected chi connectivity index (χ3v) is 8.08. The number of halogens is 2. The number of rotatable bonds is 4. The van der Waals surface area contributed by atoms with E-state index in [0.29, 0.717) is 57.0 Å². The zero-order chi connectivity index (χ0) is 27.8. The molecule has 2 atom stereocenters. The first kappa shape index (κ1) is 26.8. The predicted molar refractivity (Wildman–Crippen MR) is 152 cm³/mol. The van der Waals surface area contributed by atoms with Gasteiger partial charge in [-0.05, 0) is 68.7 Å². The van der Waals surface area contributed by atoms with Crippen LogP contribution >= 0.6 is 23.2 Å². The summed E-state index contributed by atoms with van der Waals surface area (Å²) < 4.78 is 1.57. The summed E-state index contributed by atoms with van der Waals surface area (Å²) in [6.45, 7) is 2.73. The van der Waals surface area contributed by atoms with Gasteiger partial charge in [-0.3, -0.25) is 14.4 Å². The van der Waals surface area contributed by atoms with E-state index in [1.165, 1.54) is 0 Å². The number of fused-ring (bicyclic) bond motifs is 1. The van der Waals surface area contributed by atoms with Crippen molar-refractivity contribution in [2.75, 3.05) is 18.5 Å². The van der Waals surface area contributed by atoms with Crippen molar-refractivity contribution in [2.24, 2.45) is 0 Å². The van der Waals surface area contributed by atoms with Crippen molar-refractivity contribution in [1.82, 2.24) is 19.8 Å². The van der Waals surface area contributed by atoms with Crippen molar-refractivity contribution in [3.8, 4) is 18.0 Å². The van der Waals surface area contributed by atoms with Gasteiger partial charge in [-0.25, -0.2) is 9.55 Å². The Bertz CT molecular complexity index is 1560. The van der Waals surface area contributed by atoms with Crippen LogP contribution in [0.1, 0.15) is 51.7 Å². The minimum atomic E-state index is -0.255. The molecule has 0 aliphatic carbocycles. The summed E-state index contributed by atoms with van der Waals surface area (Å²) in [4.78, 5) is 48.2. The molecule has 1 aromatic heterocycles. The number of benzene rings is 2. The Kier molecular flexibility index (Phi) is 7.39. The van der Waals surface area contributed by atoms with Gasteiger partial charge in [0.25, 0.3) is 17.4 Å². The number of nitrogens with zero attached hydrogens (tertiary/aromatic N) is 4. The Morgan fingerprint density at radius 1 is 1.10 bits per heavy atom. The van der Waals surface area contributed by atoms with Gasteiger partial charge in [0.15, 0.2) is 0 Å². The maximum absolute atomic E-state index is 14.1. The molecule has 0 bridgehead atoms. The second-order valence-corrected chi connectivity index (χ2v) is 10.6. The zero-order valence-corrected chi connectivity index (χ0v) is 23.1. The smallest absolute Gasteiger partial charge is 0.263 e. The fourth-order valence-electron chi connectivity index (χ4n) is 5.22. The molecule has 0 radical (unpaired) electrons. The maximum atomic E-state index is 14.1. The monoisotopic (exact) mass is 563 g/mol. The van der Waals surface area contributed by atoms with Crippen LogP contribution in [0.25, 0.3) is 5.69 Å². The summed E-state index contributed by atoms with van der Waals surface area (Å²) in [6.07, 6.45) is 7.84. The lowest BCUT2D eigenvalue weighted by Gasteiger charge is -2.35. The van der Waals surface area contributed by atoms with Crippen molar-refractivity contribution < 1.29 is 9.59 Å². The van der Waals surface area contributed by atoms with Crippen LogP contribution in [0.15, 0.2) is 47.3 Å². The third kappa shape index (κ3) is 4.88. The number of hydrogen-bond acceptors (Lipinski definition) is 5. The van der Waals surface area contributed by atoms with Crippen molar-refractivity contribution in [3.63, 3.8) is 0 Å². The van der Waals surface area contributed by atoms with E-state index in [2.05, 4.69) is 11.2 Å². The summed E-state index contributed by atoms with van der Waals surface area (Å²) >= 11 is 12.2. The summed E-state index contributed by atoms with van der Waals surface area (Å²) in [5.41, 5.74) is 2.37. The molecule has 10 heteroatoms. The van der Waals surface area contributed by atoms with Gasteiger partial charge in [-0.2, -0.15) is 0 Å². The molecule has 5 rings (SSSR count). The van der Waals surface area contributed by atoms with Crippen molar-refractivity contribution >= 4 is 41.0 Å². The molecule has 2 aromatic carbocycles. The van der Waals surface area contributed by atoms with E-state index in [0.717, 1.165) is 12.8 Å². The second kappa shape index (κ2) is 10.8. The number of carbonyl (C=O) groups excluding carboxylic acids is 2. The average Bonchev–Trinajstić information content (AvgIpc) is 3.43. The van der Waals surface area contributed by atoms with Crippen molar-refractivity contribution in [2.45, 2.75) is 44.8 Å². The highest BCUT2D eigenvalue weighted by Crippen LogP contribution is 2.30. The summed E-state index contributed by atoms with van der Waals surface area (Å²) in [5, 5.41) is 3.27. The quantitative estimate of drug-likeness (QED) is 0.483. The molecule has 3 heterocycles. The maximum Gasteiger partial charge on any atom is 0.263 e. The zero-order valence-electron chi connectivity index (χ0n) is 21.6. The van der Waals surface area contributed by atoms with Crippen LogP contribution in [0, 0.1) is 12.3 Å². The Morgan fingerprint density at radius 2 is 1.82 bits per heavy atom. The molecule has 1 fully saturated rings. The first-order chi connectivity index (χ1) is 18.7. The minimum absolute atomic E-state index is 0.169. The normalized spacial score (nSPS) is 18.4. The van der Waals surface area contributed by atoms with Crippen LogP contribution in [-0.4, -0.2) is 51.9 Å². The Morgan fingerprint density at radius 3 is 2.49 bits per heavy atom. The van der Waals surface area contributed by atoms with Crippen molar-refractivity contribution in [3.05, 3.63) is 85.2 Å². The number of terminal acetylenes is 1. The summed E-state index contributed by atoms with van der Waals surface area (Å²) in [7, 11) is 1.57. The van der Waals surface area contributed by atoms with E-state index >= 15 is 0 Å². The predicted octanol–water partition coefficient (Wildman–Crippen LogP) is 4.09. The van der Waals surface area contributed by atoms with Gasteiger partial charge >= 0.3 is 0 Å². The molecule has 3 aromatic rings. The molecule has 2 aliphatic heterocycles. The molecule has 0 spiro atoms. The number of anilines is 1.